The number of aromatic nitrogens is 1. The fourth-order valence-corrected chi connectivity index (χ4v) is 3.06. The zero-order valence-corrected chi connectivity index (χ0v) is 17.4. The highest BCUT2D eigenvalue weighted by molar-refractivity contribution is 14.0. The summed E-state index contributed by atoms with van der Waals surface area (Å²) in [6, 6.07) is 10.3. The fourth-order valence-electron chi connectivity index (χ4n) is 2.23. The number of allylic oxidation sites excluding steroid dienone is 1. The van der Waals surface area contributed by atoms with Crippen LogP contribution in [0.1, 0.15) is 18.5 Å². The standard InChI is InChI=1S/C18H24N4S.HI/c1-4-5-9-12-22(3)18(19-2)20-13-16-14-23-17(21-16)15-10-7-6-8-11-15;/h4,6-8,10-11,14H,1,5,9,12-13H2,2-3H3,(H,19,20);1H. The van der Waals surface area contributed by atoms with Crippen LogP contribution < -0.4 is 5.32 Å². The van der Waals surface area contributed by atoms with Gasteiger partial charge in [0.1, 0.15) is 5.01 Å². The van der Waals surface area contributed by atoms with Crippen molar-refractivity contribution < 1.29 is 0 Å². The molecular weight excluding hydrogens is 431 g/mol. The lowest BCUT2D eigenvalue weighted by atomic mass is 10.2. The van der Waals surface area contributed by atoms with Crippen molar-refractivity contribution in [1.82, 2.24) is 15.2 Å². The van der Waals surface area contributed by atoms with Crippen molar-refractivity contribution in [3.63, 3.8) is 0 Å². The van der Waals surface area contributed by atoms with E-state index in [0.717, 1.165) is 41.6 Å². The van der Waals surface area contributed by atoms with E-state index in [1.807, 2.05) is 31.3 Å². The van der Waals surface area contributed by atoms with Gasteiger partial charge < -0.3 is 10.2 Å². The van der Waals surface area contributed by atoms with Crippen molar-refractivity contribution in [2.45, 2.75) is 19.4 Å². The first-order valence-corrected chi connectivity index (χ1v) is 8.65. The summed E-state index contributed by atoms with van der Waals surface area (Å²) < 4.78 is 0. The molecule has 1 aromatic carbocycles. The summed E-state index contributed by atoms with van der Waals surface area (Å²) in [5, 5.41) is 6.52. The van der Waals surface area contributed by atoms with Crippen LogP contribution in [0, 0.1) is 0 Å². The number of halogens is 1. The van der Waals surface area contributed by atoms with Gasteiger partial charge in [0.15, 0.2) is 5.96 Å². The molecule has 0 amide bonds. The minimum absolute atomic E-state index is 0. The van der Waals surface area contributed by atoms with Crippen LogP contribution in [0.2, 0.25) is 0 Å². The summed E-state index contributed by atoms with van der Waals surface area (Å²) in [5.74, 6) is 0.892. The smallest absolute Gasteiger partial charge is 0.193 e. The van der Waals surface area contributed by atoms with Gasteiger partial charge in [-0.05, 0) is 12.8 Å². The zero-order chi connectivity index (χ0) is 16.5. The van der Waals surface area contributed by atoms with Crippen LogP contribution >= 0.6 is 35.3 Å². The quantitative estimate of drug-likeness (QED) is 0.221. The SMILES string of the molecule is C=CCCCN(C)C(=NC)NCc1csc(-c2ccccc2)n1.I. The lowest BCUT2D eigenvalue weighted by Crippen LogP contribution is -2.39. The Hall–Kier alpha value is -1.41. The molecule has 0 radical (unpaired) electrons. The topological polar surface area (TPSA) is 40.5 Å². The minimum Gasteiger partial charge on any atom is -0.351 e. The highest BCUT2D eigenvalue weighted by Gasteiger charge is 2.08. The Balaban J connectivity index is 0.00000288. The Kier molecular flexibility index (Phi) is 9.63. The van der Waals surface area contributed by atoms with E-state index in [1.165, 1.54) is 0 Å². The molecule has 1 N–H and O–H groups in total. The Morgan fingerprint density at radius 2 is 2.12 bits per heavy atom. The van der Waals surface area contributed by atoms with Gasteiger partial charge in [-0.2, -0.15) is 0 Å². The van der Waals surface area contributed by atoms with E-state index in [1.54, 1.807) is 11.3 Å². The lowest BCUT2D eigenvalue weighted by molar-refractivity contribution is 0.469. The number of nitrogens with one attached hydrogen (secondary N) is 1. The van der Waals surface area contributed by atoms with Crippen LogP contribution in [0.15, 0.2) is 53.4 Å². The summed E-state index contributed by atoms with van der Waals surface area (Å²) in [4.78, 5) is 11.2. The van der Waals surface area contributed by atoms with E-state index in [4.69, 9.17) is 4.98 Å². The van der Waals surface area contributed by atoms with E-state index in [9.17, 15) is 0 Å². The highest BCUT2D eigenvalue weighted by atomic mass is 127. The first-order valence-electron chi connectivity index (χ1n) is 7.77. The van der Waals surface area contributed by atoms with Gasteiger partial charge >= 0.3 is 0 Å². The number of hydrogen-bond donors (Lipinski definition) is 1. The second kappa shape index (κ2) is 11.2. The van der Waals surface area contributed by atoms with Gasteiger partial charge in [0.2, 0.25) is 0 Å². The van der Waals surface area contributed by atoms with Crippen LogP contribution in [-0.4, -0.2) is 36.5 Å². The van der Waals surface area contributed by atoms with Gasteiger partial charge in [-0.1, -0.05) is 36.4 Å². The van der Waals surface area contributed by atoms with Gasteiger partial charge in [0.25, 0.3) is 0 Å². The molecule has 0 saturated carbocycles. The number of hydrogen-bond acceptors (Lipinski definition) is 3. The summed E-state index contributed by atoms with van der Waals surface area (Å²) in [5.41, 5.74) is 2.20. The predicted octanol–water partition coefficient (Wildman–Crippen LogP) is 4.40. The van der Waals surface area contributed by atoms with Gasteiger partial charge in [0.05, 0.1) is 12.2 Å². The van der Waals surface area contributed by atoms with Crippen molar-refractivity contribution in [2.75, 3.05) is 20.6 Å². The number of benzene rings is 1. The van der Waals surface area contributed by atoms with Crippen LogP contribution in [0.3, 0.4) is 0 Å². The Morgan fingerprint density at radius 3 is 2.79 bits per heavy atom. The summed E-state index contributed by atoms with van der Waals surface area (Å²) >= 11 is 1.67. The van der Waals surface area contributed by atoms with Crippen molar-refractivity contribution in [1.29, 1.82) is 0 Å². The van der Waals surface area contributed by atoms with Crippen molar-refractivity contribution in [3.8, 4) is 10.6 Å². The number of aliphatic imine (C=N–C) groups is 1. The van der Waals surface area contributed by atoms with Crippen LogP contribution in [0.5, 0.6) is 0 Å². The molecule has 130 valence electrons. The molecule has 0 atom stereocenters. The van der Waals surface area contributed by atoms with Crippen molar-refractivity contribution in [2.24, 2.45) is 4.99 Å². The summed E-state index contributed by atoms with van der Waals surface area (Å²) in [6.07, 6.45) is 4.05. The Morgan fingerprint density at radius 1 is 1.38 bits per heavy atom. The van der Waals surface area contributed by atoms with Crippen LogP contribution in [-0.2, 0) is 6.54 Å². The zero-order valence-electron chi connectivity index (χ0n) is 14.2. The van der Waals surface area contributed by atoms with Gasteiger partial charge in [-0.25, -0.2) is 4.98 Å². The maximum absolute atomic E-state index is 4.69. The third kappa shape index (κ3) is 6.24. The fraction of sp³-hybridized carbons (Fsp3) is 0.333. The highest BCUT2D eigenvalue weighted by Crippen LogP contribution is 2.23. The van der Waals surface area contributed by atoms with Gasteiger partial charge in [-0.3, -0.25) is 4.99 Å². The molecule has 2 aromatic rings. The molecule has 0 aliphatic rings. The third-order valence-corrected chi connectivity index (χ3v) is 4.42. The normalized spacial score (nSPS) is 10.8. The molecule has 0 saturated heterocycles. The maximum Gasteiger partial charge on any atom is 0.193 e. The van der Waals surface area contributed by atoms with E-state index in [2.05, 4.69) is 46.3 Å². The lowest BCUT2D eigenvalue weighted by Gasteiger charge is -2.21. The molecule has 0 aliphatic carbocycles. The molecule has 6 heteroatoms. The molecular formula is C18H25IN4S. The van der Waals surface area contributed by atoms with Crippen molar-refractivity contribution >= 4 is 41.3 Å². The summed E-state index contributed by atoms with van der Waals surface area (Å²) in [7, 11) is 3.86. The monoisotopic (exact) mass is 456 g/mol. The summed E-state index contributed by atoms with van der Waals surface area (Å²) in [6.45, 7) is 5.39. The van der Waals surface area contributed by atoms with E-state index < -0.39 is 0 Å². The molecule has 1 aromatic heterocycles. The average molecular weight is 456 g/mol. The van der Waals surface area contributed by atoms with Gasteiger partial charge in [0, 0.05) is 31.6 Å². The van der Waals surface area contributed by atoms with E-state index in [0.29, 0.717) is 6.54 Å². The first-order chi connectivity index (χ1) is 11.2. The minimum atomic E-state index is 0. The molecule has 0 unspecified atom stereocenters. The number of unbranched alkanes of at least 4 members (excludes halogenated alkanes) is 1. The van der Waals surface area contributed by atoms with Crippen LogP contribution in [0.25, 0.3) is 10.6 Å². The molecule has 24 heavy (non-hydrogen) atoms. The molecule has 0 aliphatic heterocycles. The molecule has 2 rings (SSSR count). The maximum atomic E-state index is 4.69. The number of nitrogens with zero attached hydrogens (tertiary/aromatic N) is 3. The average Bonchev–Trinajstić information content (AvgIpc) is 3.05. The Labute approximate surface area is 165 Å². The first kappa shape index (κ1) is 20.6. The molecule has 4 nitrogen and oxygen atoms in total. The Bertz CT molecular complexity index is 639. The number of rotatable bonds is 7. The largest absolute Gasteiger partial charge is 0.351 e. The van der Waals surface area contributed by atoms with Gasteiger partial charge in [-0.15, -0.1) is 41.9 Å². The molecule has 1 heterocycles. The van der Waals surface area contributed by atoms with Crippen LogP contribution in [0.4, 0.5) is 0 Å². The molecule has 0 fully saturated rings. The molecule has 0 spiro atoms. The molecule has 0 bridgehead atoms. The number of thiazole rings is 1. The third-order valence-electron chi connectivity index (χ3n) is 3.48. The van der Waals surface area contributed by atoms with E-state index in [-0.39, 0.29) is 24.0 Å². The second-order valence-electron chi connectivity index (χ2n) is 5.26. The van der Waals surface area contributed by atoms with E-state index >= 15 is 0 Å². The predicted molar refractivity (Wildman–Crippen MR) is 115 cm³/mol. The second-order valence-corrected chi connectivity index (χ2v) is 6.12. The number of guanidine groups is 1. The van der Waals surface area contributed by atoms with Crippen molar-refractivity contribution in [3.05, 3.63) is 54.1 Å².